The summed E-state index contributed by atoms with van der Waals surface area (Å²) in [6.07, 6.45) is 68.3. The van der Waals surface area contributed by atoms with Gasteiger partial charge in [-0.15, -0.1) is 0 Å². The van der Waals surface area contributed by atoms with Crippen LogP contribution in [-0.2, 0) is 28.6 Å². The smallest absolute Gasteiger partial charge is 0.306 e. The van der Waals surface area contributed by atoms with E-state index in [-0.39, 0.29) is 37.5 Å². The van der Waals surface area contributed by atoms with Gasteiger partial charge in [0.25, 0.3) is 0 Å². The molecule has 6 nitrogen and oxygen atoms in total. The zero-order chi connectivity index (χ0) is 46.5. The third-order valence-corrected chi connectivity index (χ3v) is 10.8. The Kier molecular flexibility index (Phi) is 49.0. The van der Waals surface area contributed by atoms with Crippen molar-refractivity contribution < 1.29 is 28.6 Å². The van der Waals surface area contributed by atoms with Crippen molar-refractivity contribution in [1.29, 1.82) is 0 Å². The van der Waals surface area contributed by atoms with Gasteiger partial charge in [0, 0.05) is 19.3 Å². The molecule has 0 aliphatic rings. The predicted molar refractivity (Wildman–Crippen MR) is 274 cm³/mol. The molecule has 0 saturated carbocycles. The Morgan fingerprint density at radius 1 is 0.328 bits per heavy atom. The molecule has 0 amide bonds. The largest absolute Gasteiger partial charge is 0.462 e. The van der Waals surface area contributed by atoms with E-state index in [4.69, 9.17) is 14.2 Å². The van der Waals surface area contributed by atoms with Gasteiger partial charge in [0.05, 0.1) is 0 Å². The first-order valence-electron chi connectivity index (χ1n) is 26.2. The van der Waals surface area contributed by atoms with Gasteiger partial charge in [-0.2, -0.15) is 0 Å². The molecule has 0 bridgehead atoms. The molecule has 0 aromatic heterocycles. The van der Waals surface area contributed by atoms with Gasteiger partial charge in [0.2, 0.25) is 0 Å². The van der Waals surface area contributed by atoms with E-state index in [9.17, 15) is 14.4 Å². The number of unbranched alkanes of at least 4 members (excludes halogenated alkanes) is 19. The molecular weight excluding hydrogens is 793 g/mol. The molecule has 0 aliphatic heterocycles. The minimum absolute atomic E-state index is 0.111. The zero-order valence-electron chi connectivity index (χ0n) is 41.5. The van der Waals surface area contributed by atoms with Gasteiger partial charge in [-0.05, 0) is 83.5 Å². The van der Waals surface area contributed by atoms with Gasteiger partial charge in [0.15, 0.2) is 6.10 Å². The second-order valence-corrected chi connectivity index (χ2v) is 17.0. The zero-order valence-corrected chi connectivity index (χ0v) is 41.5. The fourth-order valence-corrected chi connectivity index (χ4v) is 6.98. The highest BCUT2D eigenvalue weighted by Gasteiger charge is 2.19. The van der Waals surface area contributed by atoms with Crippen LogP contribution in [0.5, 0.6) is 0 Å². The van der Waals surface area contributed by atoms with Crippen LogP contribution in [0.1, 0.15) is 233 Å². The van der Waals surface area contributed by atoms with Crippen LogP contribution < -0.4 is 0 Å². The second kappa shape index (κ2) is 52.0. The van der Waals surface area contributed by atoms with Crippen LogP contribution in [0.2, 0.25) is 0 Å². The molecule has 0 N–H and O–H groups in total. The van der Waals surface area contributed by atoms with Crippen molar-refractivity contribution in [3.8, 4) is 0 Å². The number of hydrogen-bond donors (Lipinski definition) is 0. The Morgan fingerprint density at radius 2 is 0.641 bits per heavy atom. The van der Waals surface area contributed by atoms with Crippen LogP contribution in [0.3, 0.4) is 0 Å². The quantitative estimate of drug-likeness (QED) is 0.0262. The van der Waals surface area contributed by atoms with E-state index in [0.29, 0.717) is 19.3 Å². The van der Waals surface area contributed by atoms with E-state index < -0.39 is 6.10 Å². The Morgan fingerprint density at radius 3 is 1.05 bits per heavy atom. The fraction of sp³-hybridized carbons (Fsp3) is 0.672. The molecule has 64 heavy (non-hydrogen) atoms. The summed E-state index contributed by atoms with van der Waals surface area (Å²) in [7, 11) is 0. The molecule has 0 aliphatic carbocycles. The first kappa shape index (κ1) is 60.3. The first-order chi connectivity index (χ1) is 31.5. The Labute approximate surface area is 394 Å². The Hall–Kier alpha value is -3.67. The normalized spacial score (nSPS) is 12.9. The standard InChI is InChI=1S/C58H96O6/c1-4-7-10-13-16-19-22-25-28-30-33-36-39-42-45-48-51-57(60)63-54-55(53-62-56(59)50-47-44-41-38-35-32-27-24-21-18-15-12-9-6-3)64-58(61)52-49-46-43-40-37-34-31-29-26-23-20-17-14-11-8-5-2/h7,9-10,12,16,18-19,21,25,27-28,32-33,36,42,45,55H,4-6,8,11,13-15,17,20,22-24,26,29-31,34-35,37-41,43-44,46-54H2,1-3H3/b10-7-,12-9-,19-16-,21-18-,28-25-,32-27-,36-33-,45-42-. The molecule has 0 radical (unpaired) electrons. The number of carbonyl (C=O) groups excluding carboxylic acids is 3. The highest BCUT2D eigenvalue weighted by Crippen LogP contribution is 2.15. The topological polar surface area (TPSA) is 78.9 Å². The lowest BCUT2D eigenvalue weighted by atomic mass is 10.0. The molecule has 0 rings (SSSR count). The van der Waals surface area contributed by atoms with E-state index in [2.05, 4.69) is 106 Å². The van der Waals surface area contributed by atoms with Crippen LogP contribution in [-0.4, -0.2) is 37.2 Å². The predicted octanol–water partition coefficient (Wildman–Crippen LogP) is 17.4. The summed E-state index contributed by atoms with van der Waals surface area (Å²) >= 11 is 0. The SMILES string of the molecule is CC/C=C\C/C=C\C/C=C\C/C=C\C/C=C\CCC(=O)OCC(COC(=O)CCCCCC/C=C\C/C=C\C/C=C\CC)OC(=O)CCCCCCCCCCCCCCCCCC. The van der Waals surface area contributed by atoms with Crippen molar-refractivity contribution >= 4 is 17.9 Å². The number of allylic oxidation sites excluding steroid dienone is 16. The molecule has 6 heteroatoms. The lowest BCUT2D eigenvalue weighted by Gasteiger charge is -2.18. The number of rotatable bonds is 46. The summed E-state index contributed by atoms with van der Waals surface area (Å²) < 4.78 is 16.7. The van der Waals surface area contributed by atoms with Gasteiger partial charge in [-0.3, -0.25) is 14.4 Å². The lowest BCUT2D eigenvalue weighted by molar-refractivity contribution is -0.166. The second-order valence-electron chi connectivity index (χ2n) is 17.0. The summed E-state index contributed by atoms with van der Waals surface area (Å²) in [4.78, 5) is 38.0. The van der Waals surface area contributed by atoms with Crippen molar-refractivity contribution in [2.45, 2.75) is 239 Å². The van der Waals surface area contributed by atoms with Gasteiger partial charge in [0.1, 0.15) is 13.2 Å². The van der Waals surface area contributed by atoms with Crippen LogP contribution >= 0.6 is 0 Å². The van der Waals surface area contributed by atoms with Crippen molar-refractivity contribution in [3.63, 3.8) is 0 Å². The van der Waals surface area contributed by atoms with Crippen molar-refractivity contribution in [3.05, 3.63) is 97.2 Å². The van der Waals surface area contributed by atoms with Crippen molar-refractivity contribution in [1.82, 2.24) is 0 Å². The number of esters is 3. The lowest BCUT2D eigenvalue weighted by Crippen LogP contribution is -2.30. The van der Waals surface area contributed by atoms with E-state index in [0.717, 1.165) is 103 Å². The van der Waals surface area contributed by atoms with E-state index in [1.54, 1.807) is 0 Å². The third-order valence-electron chi connectivity index (χ3n) is 10.8. The minimum Gasteiger partial charge on any atom is -0.462 e. The fourth-order valence-electron chi connectivity index (χ4n) is 6.98. The highest BCUT2D eigenvalue weighted by molar-refractivity contribution is 5.71. The average molecular weight is 889 g/mol. The number of carbonyl (C=O) groups is 3. The summed E-state index contributed by atoms with van der Waals surface area (Å²) in [5, 5.41) is 0. The monoisotopic (exact) mass is 889 g/mol. The Balaban J connectivity index is 4.51. The third kappa shape index (κ3) is 49.3. The number of hydrogen-bond acceptors (Lipinski definition) is 6. The van der Waals surface area contributed by atoms with Crippen LogP contribution in [0.15, 0.2) is 97.2 Å². The van der Waals surface area contributed by atoms with Crippen LogP contribution in [0.25, 0.3) is 0 Å². The summed E-state index contributed by atoms with van der Waals surface area (Å²) in [5.41, 5.74) is 0. The highest BCUT2D eigenvalue weighted by atomic mass is 16.6. The van der Waals surface area contributed by atoms with E-state index >= 15 is 0 Å². The molecule has 1 atom stereocenters. The van der Waals surface area contributed by atoms with Gasteiger partial charge < -0.3 is 14.2 Å². The maximum atomic E-state index is 12.8. The molecular formula is C58H96O6. The maximum Gasteiger partial charge on any atom is 0.306 e. The van der Waals surface area contributed by atoms with E-state index in [1.165, 1.54) is 83.5 Å². The molecule has 0 saturated heterocycles. The van der Waals surface area contributed by atoms with Crippen LogP contribution in [0, 0.1) is 0 Å². The molecule has 364 valence electrons. The van der Waals surface area contributed by atoms with Gasteiger partial charge in [-0.1, -0.05) is 227 Å². The first-order valence-corrected chi connectivity index (χ1v) is 26.2. The Bertz CT molecular complexity index is 1300. The molecule has 0 aromatic rings. The van der Waals surface area contributed by atoms with Crippen molar-refractivity contribution in [2.24, 2.45) is 0 Å². The molecule has 1 unspecified atom stereocenters. The van der Waals surface area contributed by atoms with Gasteiger partial charge in [-0.25, -0.2) is 0 Å². The summed E-state index contributed by atoms with van der Waals surface area (Å²) in [5.74, 6) is -1.02. The number of ether oxygens (including phenoxy) is 3. The molecule has 0 spiro atoms. The van der Waals surface area contributed by atoms with Crippen molar-refractivity contribution in [2.75, 3.05) is 13.2 Å². The van der Waals surface area contributed by atoms with Crippen LogP contribution in [0.4, 0.5) is 0 Å². The van der Waals surface area contributed by atoms with E-state index in [1.807, 2.05) is 12.2 Å². The summed E-state index contributed by atoms with van der Waals surface area (Å²) in [6.45, 7) is 6.33. The maximum absolute atomic E-state index is 12.8. The molecule has 0 fully saturated rings. The molecule has 0 aromatic carbocycles. The minimum atomic E-state index is -0.815. The average Bonchev–Trinajstić information content (AvgIpc) is 3.29. The molecule has 0 heterocycles. The van der Waals surface area contributed by atoms with Gasteiger partial charge >= 0.3 is 17.9 Å². The summed E-state index contributed by atoms with van der Waals surface area (Å²) in [6, 6.07) is 0.